The fourth-order valence-electron chi connectivity index (χ4n) is 2.06. The lowest BCUT2D eigenvalue weighted by Crippen LogP contribution is -2.35. The van der Waals surface area contributed by atoms with E-state index >= 15 is 0 Å². The van der Waals surface area contributed by atoms with Gasteiger partial charge in [-0.05, 0) is 46.7 Å². The van der Waals surface area contributed by atoms with Crippen LogP contribution in [-0.4, -0.2) is 41.8 Å². The number of hydrogen-bond acceptors (Lipinski definition) is 4. The molecule has 0 spiro atoms. The molecule has 6 heteroatoms. The third-order valence-electron chi connectivity index (χ3n) is 3.28. The molecular weight excluding hydrogens is 299 g/mol. The Morgan fingerprint density at radius 3 is 2.65 bits per heavy atom. The minimum absolute atomic E-state index is 0.0594. The number of rotatable bonds is 6. The summed E-state index contributed by atoms with van der Waals surface area (Å²) in [4.78, 5) is 13.3. The minimum atomic E-state index is -0.502. The first-order valence-electron chi connectivity index (χ1n) is 7.76. The van der Waals surface area contributed by atoms with Gasteiger partial charge in [0.05, 0.1) is 0 Å². The van der Waals surface area contributed by atoms with Crippen molar-refractivity contribution >= 4 is 6.09 Å². The van der Waals surface area contributed by atoms with Crippen molar-refractivity contribution < 1.29 is 19.0 Å². The van der Waals surface area contributed by atoms with Crippen LogP contribution in [0.4, 0.5) is 9.18 Å². The van der Waals surface area contributed by atoms with Crippen molar-refractivity contribution in [1.29, 1.82) is 0 Å². The number of benzene rings is 1. The monoisotopic (exact) mass is 326 g/mol. The second kappa shape index (κ2) is 8.15. The minimum Gasteiger partial charge on any atom is -0.508 e. The van der Waals surface area contributed by atoms with E-state index in [4.69, 9.17) is 4.74 Å². The van der Waals surface area contributed by atoms with Gasteiger partial charge in [-0.1, -0.05) is 6.07 Å². The lowest BCUT2D eigenvalue weighted by Gasteiger charge is -2.24. The standard InChI is InChI=1S/C17H27FN2O3/c1-12(14-8-7-13(18)11-15(14)21)19-9-6-10-20(5)16(22)23-17(2,3)4/h7-8,11-12,19,21H,6,9-10H2,1-5H3. The molecule has 0 heterocycles. The number of amides is 1. The smallest absolute Gasteiger partial charge is 0.410 e. The van der Waals surface area contributed by atoms with Gasteiger partial charge in [0.15, 0.2) is 0 Å². The molecule has 1 unspecified atom stereocenters. The molecule has 0 aliphatic carbocycles. The van der Waals surface area contributed by atoms with Gasteiger partial charge in [-0.2, -0.15) is 0 Å². The van der Waals surface area contributed by atoms with Crippen molar-refractivity contribution in [2.75, 3.05) is 20.1 Å². The molecule has 0 saturated heterocycles. The molecule has 0 aliphatic rings. The highest BCUT2D eigenvalue weighted by molar-refractivity contribution is 5.67. The van der Waals surface area contributed by atoms with Crippen LogP contribution >= 0.6 is 0 Å². The molecule has 1 amide bonds. The molecule has 1 atom stereocenters. The van der Waals surface area contributed by atoms with E-state index in [-0.39, 0.29) is 17.9 Å². The van der Waals surface area contributed by atoms with Gasteiger partial charge in [-0.25, -0.2) is 9.18 Å². The van der Waals surface area contributed by atoms with Gasteiger partial charge in [-0.15, -0.1) is 0 Å². The van der Waals surface area contributed by atoms with E-state index < -0.39 is 11.4 Å². The second-order valence-electron chi connectivity index (χ2n) is 6.63. The zero-order valence-electron chi connectivity index (χ0n) is 14.5. The van der Waals surface area contributed by atoms with Crippen molar-refractivity contribution in [3.8, 4) is 5.75 Å². The molecule has 2 N–H and O–H groups in total. The Kier molecular flexibility index (Phi) is 6.81. The van der Waals surface area contributed by atoms with Crippen LogP contribution in [0, 0.1) is 5.82 Å². The van der Waals surface area contributed by atoms with Crippen molar-refractivity contribution in [3.63, 3.8) is 0 Å². The first-order chi connectivity index (χ1) is 10.6. The van der Waals surface area contributed by atoms with Gasteiger partial charge >= 0.3 is 6.09 Å². The number of carbonyl (C=O) groups excluding carboxylic acids is 1. The van der Waals surface area contributed by atoms with Crippen molar-refractivity contribution in [2.45, 2.75) is 45.8 Å². The molecule has 0 fully saturated rings. The molecule has 130 valence electrons. The number of carbonyl (C=O) groups is 1. The van der Waals surface area contributed by atoms with Gasteiger partial charge < -0.3 is 20.1 Å². The van der Waals surface area contributed by atoms with Crippen molar-refractivity contribution in [3.05, 3.63) is 29.6 Å². The van der Waals surface area contributed by atoms with Gasteiger partial charge in [0.2, 0.25) is 0 Å². The number of phenols is 1. The van der Waals surface area contributed by atoms with Crippen molar-refractivity contribution in [1.82, 2.24) is 10.2 Å². The van der Waals surface area contributed by atoms with E-state index in [0.717, 1.165) is 12.5 Å². The van der Waals surface area contributed by atoms with E-state index in [9.17, 15) is 14.3 Å². The molecule has 0 aromatic heterocycles. The molecule has 1 aromatic rings. The highest BCUT2D eigenvalue weighted by Gasteiger charge is 2.19. The van der Waals surface area contributed by atoms with Crippen LogP contribution in [0.2, 0.25) is 0 Å². The first-order valence-corrected chi connectivity index (χ1v) is 7.76. The number of halogens is 1. The summed E-state index contributed by atoms with van der Waals surface area (Å²) in [5, 5.41) is 13.0. The Labute approximate surface area is 137 Å². The van der Waals surface area contributed by atoms with Crippen LogP contribution in [0.3, 0.4) is 0 Å². The lowest BCUT2D eigenvalue weighted by atomic mass is 10.1. The van der Waals surface area contributed by atoms with E-state index in [1.807, 2.05) is 27.7 Å². The molecule has 0 aliphatic heterocycles. The zero-order valence-corrected chi connectivity index (χ0v) is 14.5. The zero-order chi connectivity index (χ0) is 17.6. The van der Waals surface area contributed by atoms with Gasteiger partial charge in [0.25, 0.3) is 0 Å². The SMILES string of the molecule is CC(NCCCN(C)C(=O)OC(C)(C)C)c1ccc(F)cc1O. The number of hydrogen-bond donors (Lipinski definition) is 2. The molecule has 1 rings (SSSR count). The van der Waals surface area contributed by atoms with Crippen LogP contribution < -0.4 is 5.32 Å². The highest BCUT2D eigenvalue weighted by Crippen LogP contribution is 2.24. The Morgan fingerprint density at radius 1 is 1.43 bits per heavy atom. The Balaban J connectivity index is 2.35. The van der Waals surface area contributed by atoms with Crippen molar-refractivity contribution in [2.24, 2.45) is 0 Å². The summed E-state index contributed by atoms with van der Waals surface area (Å²) in [5.74, 6) is -0.520. The third kappa shape index (κ3) is 6.86. The molecule has 1 aromatic carbocycles. The topological polar surface area (TPSA) is 61.8 Å². The Bertz CT molecular complexity index is 529. The number of nitrogens with one attached hydrogen (secondary N) is 1. The molecule has 0 saturated carbocycles. The van der Waals surface area contributed by atoms with Crippen LogP contribution in [0.15, 0.2) is 18.2 Å². The van der Waals surface area contributed by atoms with Gasteiger partial charge in [0.1, 0.15) is 17.2 Å². The third-order valence-corrected chi connectivity index (χ3v) is 3.28. The summed E-state index contributed by atoms with van der Waals surface area (Å²) in [7, 11) is 1.70. The summed E-state index contributed by atoms with van der Waals surface area (Å²) in [6.45, 7) is 8.60. The quantitative estimate of drug-likeness (QED) is 0.786. The maximum Gasteiger partial charge on any atom is 0.410 e. The summed E-state index contributed by atoms with van der Waals surface area (Å²) in [5.41, 5.74) is 0.144. The van der Waals surface area contributed by atoms with Crippen LogP contribution in [0.1, 0.15) is 45.7 Å². The normalized spacial score (nSPS) is 12.8. The van der Waals surface area contributed by atoms with Crippen LogP contribution in [0.5, 0.6) is 5.75 Å². The Hall–Kier alpha value is -1.82. The van der Waals surface area contributed by atoms with Crippen LogP contribution in [0.25, 0.3) is 0 Å². The van der Waals surface area contributed by atoms with E-state index in [2.05, 4.69) is 5.32 Å². The second-order valence-corrected chi connectivity index (χ2v) is 6.63. The van der Waals surface area contributed by atoms with Gasteiger partial charge in [-0.3, -0.25) is 0 Å². The predicted octanol–water partition coefficient (Wildman–Crippen LogP) is 3.44. The van der Waals surface area contributed by atoms with Crippen LogP contribution in [-0.2, 0) is 4.74 Å². The molecule has 23 heavy (non-hydrogen) atoms. The molecule has 5 nitrogen and oxygen atoms in total. The largest absolute Gasteiger partial charge is 0.508 e. The highest BCUT2D eigenvalue weighted by atomic mass is 19.1. The van der Waals surface area contributed by atoms with E-state index in [1.165, 1.54) is 11.0 Å². The number of phenolic OH excluding ortho intramolecular Hbond substituents is 1. The summed E-state index contributed by atoms with van der Waals surface area (Å²) >= 11 is 0. The average Bonchev–Trinajstić information content (AvgIpc) is 2.41. The van der Waals surface area contributed by atoms with E-state index in [1.54, 1.807) is 13.1 Å². The summed E-state index contributed by atoms with van der Waals surface area (Å²) < 4.78 is 18.2. The summed E-state index contributed by atoms with van der Waals surface area (Å²) in [6, 6.07) is 3.88. The number of aromatic hydroxyl groups is 1. The average molecular weight is 326 g/mol. The number of nitrogens with zero attached hydrogens (tertiary/aromatic N) is 1. The summed E-state index contributed by atoms with van der Waals surface area (Å²) in [6.07, 6.45) is 0.393. The maximum atomic E-state index is 13.0. The fourth-order valence-corrected chi connectivity index (χ4v) is 2.06. The Morgan fingerprint density at radius 2 is 2.09 bits per heavy atom. The van der Waals surface area contributed by atoms with E-state index in [0.29, 0.717) is 18.7 Å². The number of ether oxygens (including phenoxy) is 1. The molecule has 0 bridgehead atoms. The molecule has 0 radical (unpaired) electrons. The maximum absolute atomic E-state index is 13.0. The fraction of sp³-hybridized carbons (Fsp3) is 0.588. The van der Waals surface area contributed by atoms with Gasteiger partial charge in [0, 0.05) is 31.3 Å². The predicted molar refractivity (Wildman–Crippen MR) is 88.0 cm³/mol. The lowest BCUT2D eigenvalue weighted by molar-refractivity contribution is 0.0297. The molecular formula is C17H27FN2O3. The first kappa shape index (κ1) is 19.2.